The molecule has 21 heavy (non-hydrogen) atoms. The van der Waals surface area contributed by atoms with Gasteiger partial charge in [0, 0.05) is 0 Å². The monoisotopic (exact) mass is 294 g/mol. The Morgan fingerprint density at radius 2 is 2.10 bits per heavy atom. The van der Waals surface area contributed by atoms with E-state index in [1.165, 1.54) is 0 Å². The van der Waals surface area contributed by atoms with Crippen LogP contribution in [0.2, 0.25) is 0 Å². The van der Waals surface area contributed by atoms with Crippen LogP contribution in [0.5, 0.6) is 0 Å². The molecule has 0 unspecified atom stereocenters. The standard InChI is InChI=1S/C16H22O5/c1-4-16(18,13-10-20-15(2,3)21-13)11-19-14(17)12-8-6-5-7-9-12/h5-9,13,18H,4,10-11H2,1-3H3/t13-,16+/m0/s1. The average Bonchev–Trinajstić information content (AvgIpc) is 2.86. The first-order valence-electron chi connectivity index (χ1n) is 7.12. The molecule has 1 heterocycles. The molecule has 0 saturated carbocycles. The van der Waals surface area contributed by atoms with Gasteiger partial charge in [-0.05, 0) is 32.4 Å². The molecule has 0 aliphatic carbocycles. The lowest BCUT2D eigenvalue weighted by Gasteiger charge is -2.31. The Morgan fingerprint density at radius 1 is 1.43 bits per heavy atom. The van der Waals surface area contributed by atoms with E-state index in [4.69, 9.17) is 14.2 Å². The minimum Gasteiger partial charge on any atom is -0.459 e. The summed E-state index contributed by atoms with van der Waals surface area (Å²) in [5, 5.41) is 10.7. The Morgan fingerprint density at radius 3 is 2.62 bits per heavy atom. The van der Waals surface area contributed by atoms with Crippen molar-refractivity contribution in [1.29, 1.82) is 0 Å². The fourth-order valence-electron chi connectivity index (χ4n) is 2.22. The molecule has 1 aromatic carbocycles. The van der Waals surface area contributed by atoms with Gasteiger partial charge in [0.25, 0.3) is 0 Å². The molecule has 0 aromatic heterocycles. The highest BCUT2D eigenvalue weighted by atomic mass is 16.7. The van der Waals surface area contributed by atoms with Gasteiger partial charge in [0.15, 0.2) is 5.79 Å². The molecule has 0 bridgehead atoms. The van der Waals surface area contributed by atoms with E-state index in [1.807, 2.05) is 13.0 Å². The first-order chi connectivity index (χ1) is 9.86. The van der Waals surface area contributed by atoms with Crippen LogP contribution >= 0.6 is 0 Å². The summed E-state index contributed by atoms with van der Waals surface area (Å²) in [6.45, 7) is 5.56. The molecule has 1 aromatic rings. The molecule has 2 rings (SSSR count). The van der Waals surface area contributed by atoms with Gasteiger partial charge in [0.1, 0.15) is 18.3 Å². The van der Waals surface area contributed by atoms with Crippen molar-refractivity contribution >= 4 is 5.97 Å². The van der Waals surface area contributed by atoms with Crippen molar-refractivity contribution in [3.8, 4) is 0 Å². The van der Waals surface area contributed by atoms with Crippen molar-refractivity contribution in [2.45, 2.75) is 44.7 Å². The van der Waals surface area contributed by atoms with Gasteiger partial charge in [-0.1, -0.05) is 25.1 Å². The van der Waals surface area contributed by atoms with Gasteiger partial charge in [0.2, 0.25) is 0 Å². The highest BCUT2D eigenvalue weighted by molar-refractivity contribution is 5.89. The van der Waals surface area contributed by atoms with Gasteiger partial charge >= 0.3 is 5.97 Å². The van der Waals surface area contributed by atoms with Crippen molar-refractivity contribution in [3.05, 3.63) is 35.9 Å². The zero-order valence-electron chi connectivity index (χ0n) is 12.7. The van der Waals surface area contributed by atoms with Crippen molar-refractivity contribution in [2.75, 3.05) is 13.2 Å². The highest BCUT2D eigenvalue weighted by Crippen LogP contribution is 2.31. The molecular formula is C16H22O5. The van der Waals surface area contributed by atoms with Crippen LogP contribution in [0.1, 0.15) is 37.6 Å². The minimum atomic E-state index is -1.25. The number of ether oxygens (including phenoxy) is 3. The van der Waals surface area contributed by atoms with Gasteiger partial charge in [-0.15, -0.1) is 0 Å². The second-order valence-corrected chi connectivity index (χ2v) is 5.72. The van der Waals surface area contributed by atoms with Crippen LogP contribution in [0.15, 0.2) is 30.3 Å². The molecule has 0 radical (unpaired) electrons. The molecule has 1 aliphatic rings. The van der Waals surface area contributed by atoms with E-state index < -0.39 is 23.5 Å². The Hall–Kier alpha value is -1.43. The Kier molecular flexibility index (Phi) is 4.66. The van der Waals surface area contributed by atoms with Gasteiger partial charge in [-0.2, -0.15) is 0 Å². The maximum Gasteiger partial charge on any atom is 0.338 e. The molecule has 116 valence electrons. The van der Waals surface area contributed by atoms with Crippen molar-refractivity contribution < 1.29 is 24.1 Å². The fraction of sp³-hybridized carbons (Fsp3) is 0.562. The lowest BCUT2D eigenvalue weighted by molar-refractivity contribution is -0.178. The number of aliphatic hydroxyl groups is 1. The molecule has 1 fully saturated rings. The van der Waals surface area contributed by atoms with Crippen LogP contribution in [0.3, 0.4) is 0 Å². The predicted octanol–water partition coefficient (Wildman–Crippen LogP) is 2.14. The first kappa shape index (κ1) is 15.9. The van der Waals surface area contributed by atoms with Crippen LogP contribution in [0.25, 0.3) is 0 Å². The van der Waals surface area contributed by atoms with Crippen LogP contribution in [0, 0.1) is 0 Å². The van der Waals surface area contributed by atoms with E-state index in [2.05, 4.69) is 0 Å². The number of benzene rings is 1. The normalized spacial score (nSPS) is 23.5. The number of hydrogen-bond donors (Lipinski definition) is 1. The van der Waals surface area contributed by atoms with Crippen LogP contribution < -0.4 is 0 Å². The Balaban J connectivity index is 1.97. The Bertz CT molecular complexity index is 485. The first-order valence-corrected chi connectivity index (χ1v) is 7.12. The van der Waals surface area contributed by atoms with E-state index >= 15 is 0 Å². The zero-order chi connectivity index (χ0) is 15.5. The molecule has 5 nitrogen and oxygen atoms in total. The summed E-state index contributed by atoms with van der Waals surface area (Å²) in [6, 6.07) is 8.69. The largest absolute Gasteiger partial charge is 0.459 e. The molecule has 1 saturated heterocycles. The summed E-state index contributed by atoms with van der Waals surface area (Å²) in [6.07, 6.45) is -0.111. The third kappa shape index (κ3) is 3.81. The van der Waals surface area contributed by atoms with Crippen molar-refractivity contribution in [1.82, 2.24) is 0 Å². The van der Waals surface area contributed by atoms with E-state index in [9.17, 15) is 9.90 Å². The molecular weight excluding hydrogens is 272 g/mol. The van der Waals surface area contributed by atoms with Gasteiger partial charge in [-0.3, -0.25) is 0 Å². The molecule has 1 aliphatic heterocycles. The van der Waals surface area contributed by atoms with E-state index in [1.54, 1.807) is 38.1 Å². The van der Waals surface area contributed by atoms with Crippen LogP contribution in [0.4, 0.5) is 0 Å². The SMILES string of the molecule is CC[C@@](O)(COC(=O)c1ccccc1)[C@@H]1COC(C)(C)O1. The number of rotatable bonds is 5. The summed E-state index contributed by atoms with van der Waals surface area (Å²) in [7, 11) is 0. The summed E-state index contributed by atoms with van der Waals surface area (Å²) >= 11 is 0. The van der Waals surface area contributed by atoms with E-state index in [0.717, 1.165) is 0 Å². The predicted molar refractivity (Wildman–Crippen MR) is 76.9 cm³/mol. The van der Waals surface area contributed by atoms with Crippen molar-refractivity contribution in [2.24, 2.45) is 0 Å². The number of esters is 1. The molecule has 0 amide bonds. The number of carbonyl (C=O) groups excluding carboxylic acids is 1. The second kappa shape index (κ2) is 6.13. The molecule has 0 spiro atoms. The van der Waals surface area contributed by atoms with Gasteiger partial charge in [-0.25, -0.2) is 4.79 Å². The summed E-state index contributed by atoms with van der Waals surface area (Å²) in [5.41, 5.74) is -0.794. The number of hydrogen-bond acceptors (Lipinski definition) is 5. The smallest absolute Gasteiger partial charge is 0.338 e. The minimum absolute atomic E-state index is 0.124. The average molecular weight is 294 g/mol. The van der Waals surface area contributed by atoms with E-state index in [0.29, 0.717) is 12.0 Å². The third-order valence-electron chi connectivity index (χ3n) is 3.68. The maximum absolute atomic E-state index is 11.9. The molecule has 2 atom stereocenters. The lowest BCUT2D eigenvalue weighted by atomic mass is 9.95. The molecule has 5 heteroatoms. The quantitative estimate of drug-likeness (QED) is 0.843. The zero-order valence-corrected chi connectivity index (χ0v) is 12.7. The number of carbonyl (C=O) groups is 1. The third-order valence-corrected chi connectivity index (χ3v) is 3.68. The molecule has 1 N–H and O–H groups in total. The highest BCUT2D eigenvalue weighted by Gasteiger charge is 2.46. The maximum atomic E-state index is 11.9. The van der Waals surface area contributed by atoms with E-state index in [-0.39, 0.29) is 13.2 Å². The summed E-state index contributed by atoms with van der Waals surface area (Å²) < 4.78 is 16.4. The second-order valence-electron chi connectivity index (χ2n) is 5.72. The fourth-order valence-corrected chi connectivity index (χ4v) is 2.22. The topological polar surface area (TPSA) is 65.0 Å². The summed E-state index contributed by atoms with van der Waals surface area (Å²) in [5.74, 6) is -1.18. The Labute approximate surface area is 124 Å². The van der Waals surface area contributed by atoms with Gasteiger partial charge in [0.05, 0.1) is 12.2 Å². The van der Waals surface area contributed by atoms with Crippen LogP contribution in [-0.2, 0) is 14.2 Å². The van der Waals surface area contributed by atoms with Crippen molar-refractivity contribution in [3.63, 3.8) is 0 Å². The van der Waals surface area contributed by atoms with Gasteiger partial charge < -0.3 is 19.3 Å². The van der Waals surface area contributed by atoms with Crippen LogP contribution in [-0.4, -0.2) is 41.8 Å². The summed E-state index contributed by atoms with van der Waals surface area (Å²) in [4.78, 5) is 11.9. The lowest BCUT2D eigenvalue weighted by Crippen LogP contribution is -2.48.